The summed E-state index contributed by atoms with van der Waals surface area (Å²) in [6.45, 7) is 3.68. The zero-order valence-corrected chi connectivity index (χ0v) is 5.79. The molecular weight excluding hydrogens is 118 g/mol. The molecule has 0 aromatic carbocycles. The molecule has 3 N–H and O–H groups in total. The van der Waals surface area contributed by atoms with Crippen LogP contribution in [0.15, 0.2) is 0 Å². The van der Waals surface area contributed by atoms with Gasteiger partial charge in [0.25, 0.3) is 0 Å². The van der Waals surface area contributed by atoms with Crippen molar-refractivity contribution >= 4 is 5.91 Å². The van der Waals surface area contributed by atoms with Crippen LogP contribution in [0.5, 0.6) is 0 Å². The molecule has 0 fully saturated rings. The third-order valence-electron chi connectivity index (χ3n) is 1.18. The highest BCUT2D eigenvalue weighted by Crippen LogP contribution is 2.03. The molecular formula is C6H13NO2. The summed E-state index contributed by atoms with van der Waals surface area (Å²) in [6, 6.07) is 0. The quantitative estimate of drug-likeness (QED) is 0.560. The molecule has 3 heteroatoms. The predicted octanol–water partition coefficient (Wildman–Crippen LogP) is -0.121. The molecule has 0 saturated heterocycles. The van der Waals surface area contributed by atoms with Crippen molar-refractivity contribution in [3.05, 3.63) is 0 Å². The van der Waals surface area contributed by atoms with Crippen molar-refractivity contribution in [1.29, 1.82) is 0 Å². The fraction of sp³-hybridized carbons (Fsp3) is 0.833. The highest BCUT2D eigenvalue weighted by Gasteiger charge is 2.10. The van der Waals surface area contributed by atoms with Crippen LogP contribution in [0.4, 0.5) is 0 Å². The van der Waals surface area contributed by atoms with E-state index in [0.717, 1.165) is 0 Å². The van der Waals surface area contributed by atoms with E-state index in [2.05, 4.69) is 0 Å². The second-order valence-electron chi connectivity index (χ2n) is 2.48. The van der Waals surface area contributed by atoms with Gasteiger partial charge in [0, 0.05) is 0 Å². The summed E-state index contributed by atoms with van der Waals surface area (Å²) in [5.41, 5.74) is 4.83. The number of amides is 1. The minimum atomic E-state index is -0.581. The van der Waals surface area contributed by atoms with Gasteiger partial charge in [-0.1, -0.05) is 13.8 Å². The Kier molecular flexibility index (Phi) is 3.24. The molecule has 0 aliphatic heterocycles. The van der Waals surface area contributed by atoms with Gasteiger partial charge in [0.1, 0.15) is 0 Å². The fourth-order valence-corrected chi connectivity index (χ4v) is 0.442. The summed E-state index contributed by atoms with van der Waals surface area (Å²) in [6.07, 6.45) is -0.514. The lowest BCUT2D eigenvalue weighted by Crippen LogP contribution is -2.23. The molecule has 0 aromatic rings. The lowest BCUT2D eigenvalue weighted by molar-refractivity contribution is -0.120. The molecule has 0 aliphatic rings. The van der Waals surface area contributed by atoms with Gasteiger partial charge in [-0.05, 0) is 5.92 Å². The molecule has 0 bridgehead atoms. The van der Waals surface area contributed by atoms with Crippen LogP contribution in [0.3, 0.4) is 0 Å². The molecule has 0 spiro atoms. The Labute approximate surface area is 54.9 Å². The van der Waals surface area contributed by atoms with Crippen molar-refractivity contribution in [3.63, 3.8) is 0 Å². The van der Waals surface area contributed by atoms with E-state index < -0.39 is 12.0 Å². The molecule has 3 nitrogen and oxygen atoms in total. The average Bonchev–Trinajstić information content (AvgIpc) is 1.63. The van der Waals surface area contributed by atoms with Crippen molar-refractivity contribution in [2.45, 2.75) is 26.4 Å². The number of aliphatic hydroxyl groups is 1. The van der Waals surface area contributed by atoms with Crippen LogP contribution in [0.25, 0.3) is 0 Å². The normalized spacial score (nSPS) is 13.8. The van der Waals surface area contributed by atoms with Crippen molar-refractivity contribution in [2.75, 3.05) is 0 Å². The monoisotopic (exact) mass is 131 g/mol. The first-order valence-electron chi connectivity index (χ1n) is 3.00. The van der Waals surface area contributed by atoms with E-state index in [1.165, 1.54) is 0 Å². The SMILES string of the molecule is CC(C)[C@H](O)CC(N)=O. The third kappa shape index (κ3) is 3.97. The number of carbonyl (C=O) groups excluding carboxylic acids is 1. The van der Waals surface area contributed by atoms with E-state index in [1.54, 1.807) is 0 Å². The van der Waals surface area contributed by atoms with Gasteiger partial charge >= 0.3 is 0 Å². The maximum Gasteiger partial charge on any atom is 0.220 e. The maximum absolute atomic E-state index is 10.2. The number of nitrogens with two attached hydrogens (primary N) is 1. The van der Waals surface area contributed by atoms with Gasteiger partial charge in [-0.2, -0.15) is 0 Å². The van der Waals surface area contributed by atoms with Gasteiger partial charge in [0.2, 0.25) is 5.91 Å². The van der Waals surface area contributed by atoms with Crippen molar-refractivity contribution in [3.8, 4) is 0 Å². The van der Waals surface area contributed by atoms with Gasteiger partial charge in [0.15, 0.2) is 0 Å². The molecule has 0 saturated carbocycles. The Balaban J connectivity index is 3.50. The van der Waals surface area contributed by atoms with E-state index in [0.29, 0.717) is 0 Å². The lowest BCUT2D eigenvalue weighted by atomic mass is 10.0. The molecule has 9 heavy (non-hydrogen) atoms. The van der Waals surface area contributed by atoms with Crippen LogP contribution in [0.1, 0.15) is 20.3 Å². The zero-order chi connectivity index (χ0) is 7.44. The van der Waals surface area contributed by atoms with Crippen LogP contribution >= 0.6 is 0 Å². The predicted molar refractivity (Wildman–Crippen MR) is 34.7 cm³/mol. The van der Waals surface area contributed by atoms with Gasteiger partial charge in [-0.15, -0.1) is 0 Å². The summed E-state index contributed by atoms with van der Waals surface area (Å²) in [5.74, 6) is -0.339. The molecule has 1 atom stereocenters. The number of aliphatic hydroxyl groups excluding tert-OH is 1. The number of hydrogen-bond acceptors (Lipinski definition) is 2. The Morgan fingerprint density at radius 1 is 1.67 bits per heavy atom. The van der Waals surface area contributed by atoms with E-state index in [-0.39, 0.29) is 12.3 Å². The molecule has 0 unspecified atom stereocenters. The second-order valence-corrected chi connectivity index (χ2v) is 2.48. The van der Waals surface area contributed by atoms with E-state index in [1.807, 2.05) is 13.8 Å². The lowest BCUT2D eigenvalue weighted by Gasteiger charge is -2.10. The number of carbonyl (C=O) groups is 1. The van der Waals surface area contributed by atoms with E-state index >= 15 is 0 Å². The van der Waals surface area contributed by atoms with Crippen LogP contribution in [0, 0.1) is 5.92 Å². The minimum Gasteiger partial charge on any atom is -0.392 e. The summed E-state index contributed by atoms with van der Waals surface area (Å²) in [4.78, 5) is 10.2. The molecule has 0 heterocycles. The molecule has 0 aliphatic carbocycles. The Morgan fingerprint density at radius 2 is 2.11 bits per heavy atom. The van der Waals surface area contributed by atoms with Crippen molar-refractivity contribution in [1.82, 2.24) is 0 Å². The van der Waals surface area contributed by atoms with Gasteiger partial charge in [-0.25, -0.2) is 0 Å². The first-order chi connectivity index (χ1) is 4.04. The molecule has 0 aromatic heterocycles. The van der Waals surface area contributed by atoms with Crippen LogP contribution in [-0.4, -0.2) is 17.1 Å². The molecule has 0 rings (SSSR count). The van der Waals surface area contributed by atoms with Gasteiger partial charge in [-0.3, -0.25) is 4.79 Å². The van der Waals surface area contributed by atoms with Crippen molar-refractivity contribution in [2.24, 2.45) is 11.7 Å². The number of hydrogen-bond donors (Lipinski definition) is 2. The molecule has 54 valence electrons. The highest BCUT2D eigenvalue weighted by atomic mass is 16.3. The van der Waals surface area contributed by atoms with Crippen LogP contribution < -0.4 is 5.73 Å². The first kappa shape index (κ1) is 8.43. The fourth-order valence-electron chi connectivity index (χ4n) is 0.442. The van der Waals surface area contributed by atoms with E-state index in [9.17, 15) is 4.79 Å². The number of rotatable bonds is 3. The smallest absolute Gasteiger partial charge is 0.220 e. The summed E-state index contributed by atoms with van der Waals surface area (Å²) >= 11 is 0. The van der Waals surface area contributed by atoms with Gasteiger partial charge in [0.05, 0.1) is 12.5 Å². The Bertz CT molecular complexity index is 101. The zero-order valence-electron chi connectivity index (χ0n) is 5.79. The third-order valence-corrected chi connectivity index (χ3v) is 1.18. The summed E-state index contributed by atoms with van der Waals surface area (Å²) < 4.78 is 0. The first-order valence-corrected chi connectivity index (χ1v) is 3.00. The Hall–Kier alpha value is -0.570. The van der Waals surface area contributed by atoms with E-state index in [4.69, 9.17) is 10.8 Å². The van der Waals surface area contributed by atoms with Crippen LogP contribution in [0.2, 0.25) is 0 Å². The topological polar surface area (TPSA) is 63.3 Å². The highest BCUT2D eigenvalue weighted by molar-refractivity contribution is 5.74. The molecule has 0 radical (unpaired) electrons. The summed E-state index contributed by atoms with van der Waals surface area (Å²) in [7, 11) is 0. The largest absolute Gasteiger partial charge is 0.392 e. The number of primary amides is 1. The van der Waals surface area contributed by atoms with Crippen molar-refractivity contribution < 1.29 is 9.90 Å². The van der Waals surface area contributed by atoms with Crippen LogP contribution in [-0.2, 0) is 4.79 Å². The maximum atomic E-state index is 10.2. The summed E-state index contributed by atoms with van der Waals surface area (Å²) in [5, 5.41) is 9.00. The minimum absolute atomic E-state index is 0.0671. The average molecular weight is 131 g/mol. The Morgan fingerprint density at radius 3 is 2.22 bits per heavy atom. The van der Waals surface area contributed by atoms with Gasteiger partial charge < -0.3 is 10.8 Å². The standard InChI is InChI=1S/C6H13NO2/c1-4(2)5(8)3-6(7)9/h4-5,8H,3H2,1-2H3,(H2,7,9)/t5-/m1/s1. The molecule has 1 amide bonds. The second kappa shape index (κ2) is 3.45.